The Hall–Kier alpha value is -1.55. The molecule has 1 aromatic rings. The molecule has 1 atom stereocenters. The molecule has 0 radical (unpaired) electrons. The second kappa shape index (κ2) is 6.91. The van der Waals surface area contributed by atoms with Gasteiger partial charge in [-0.2, -0.15) is 0 Å². The van der Waals surface area contributed by atoms with Crippen molar-refractivity contribution in [3.8, 4) is 5.75 Å². The van der Waals surface area contributed by atoms with Crippen molar-refractivity contribution in [2.24, 2.45) is 0 Å². The van der Waals surface area contributed by atoms with Crippen LogP contribution in [-0.4, -0.2) is 24.7 Å². The van der Waals surface area contributed by atoms with Crippen LogP contribution >= 0.6 is 0 Å². The number of aliphatic hydroxyl groups is 1. The highest BCUT2D eigenvalue weighted by Gasteiger charge is 2.04. The van der Waals surface area contributed by atoms with E-state index in [9.17, 15) is 9.90 Å². The predicted molar refractivity (Wildman–Crippen MR) is 65.9 cm³/mol. The minimum Gasteiger partial charge on any atom is -0.493 e. The number of carbonyl (C=O) groups excluding carboxylic acids is 1. The number of amides is 1. The molecule has 4 nitrogen and oxygen atoms in total. The molecule has 4 heteroatoms. The Labute approximate surface area is 102 Å². The van der Waals surface area contributed by atoms with Gasteiger partial charge in [0.15, 0.2) is 0 Å². The fourth-order valence-electron chi connectivity index (χ4n) is 1.41. The van der Waals surface area contributed by atoms with Crippen LogP contribution in [0.5, 0.6) is 5.75 Å². The number of ether oxygens (including phenoxy) is 1. The summed E-state index contributed by atoms with van der Waals surface area (Å²) in [7, 11) is 1.60. The van der Waals surface area contributed by atoms with E-state index in [-0.39, 0.29) is 5.91 Å². The summed E-state index contributed by atoms with van der Waals surface area (Å²) in [6.07, 6.45) is 0.613. The molecule has 2 N–H and O–H groups in total. The Morgan fingerprint density at radius 3 is 2.59 bits per heavy atom. The van der Waals surface area contributed by atoms with Crippen LogP contribution < -0.4 is 10.1 Å². The number of hydrogen-bond acceptors (Lipinski definition) is 3. The summed E-state index contributed by atoms with van der Waals surface area (Å²) in [5.41, 5.74) is 0.881. The van der Waals surface area contributed by atoms with Crippen molar-refractivity contribution >= 4 is 5.91 Å². The fourth-order valence-corrected chi connectivity index (χ4v) is 1.41. The summed E-state index contributed by atoms with van der Waals surface area (Å²) in [4.78, 5) is 11.0. The number of aliphatic hydroxyl groups excluding tert-OH is 1. The van der Waals surface area contributed by atoms with Gasteiger partial charge in [0.1, 0.15) is 5.75 Å². The first kappa shape index (κ1) is 13.5. The maximum absolute atomic E-state index is 11.0. The molecule has 0 spiro atoms. The third kappa shape index (κ3) is 4.44. The van der Waals surface area contributed by atoms with E-state index in [1.165, 1.54) is 0 Å². The van der Waals surface area contributed by atoms with Gasteiger partial charge in [0.05, 0.1) is 19.1 Å². The quantitative estimate of drug-likeness (QED) is 0.791. The third-order valence-electron chi connectivity index (χ3n) is 2.53. The van der Waals surface area contributed by atoms with E-state index in [1.807, 2.05) is 19.1 Å². The molecule has 0 unspecified atom stereocenters. The Kier molecular flexibility index (Phi) is 5.49. The largest absolute Gasteiger partial charge is 0.493 e. The summed E-state index contributed by atoms with van der Waals surface area (Å²) in [6, 6.07) is 7.28. The fraction of sp³-hybridized carbons (Fsp3) is 0.462. The Morgan fingerprint density at radius 1 is 1.41 bits per heavy atom. The van der Waals surface area contributed by atoms with E-state index < -0.39 is 6.10 Å². The molecular weight excluding hydrogens is 218 g/mol. The van der Waals surface area contributed by atoms with Gasteiger partial charge in [-0.15, -0.1) is 0 Å². The first-order chi connectivity index (χ1) is 8.17. The Balaban J connectivity index is 2.43. The molecule has 94 valence electrons. The summed E-state index contributed by atoms with van der Waals surface area (Å²) in [5.74, 6) is 0.670. The minimum absolute atomic E-state index is 0.0389. The van der Waals surface area contributed by atoms with Crippen LogP contribution in [0, 0.1) is 0 Å². The lowest BCUT2D eigenvalue weighted by Gasteiger charge is -2.09. The van der Waals surface area contributed by atoms with E-state index in [0.29, 0.717) is 25.2 Å². The second-order valence-electron chi connectivity index (χ2n) is 3.76. The van der Waals surface area contributed by atoms with Gasteiger partial charge in [0, 0.05) is 7.05 Å². The van der Waals surface area contributed by atoms with Gasteiger partial charge in [0.25, 0.3) is 0 Å². The first-order valence-corrected chi connectivity index (χ1v) is 5.78. The monoisotopic (exact) mass is 237 g/mol. The molecule has 17 heavy (non-hydrogen) atoms. The van der Waals surface area contributed by atoms with Crippen LogP contribution in [0.2, 0.25) is 0 Å². The van der Waals surface area contributed by atoms with Crippen LogP contribution in [0.4, 0.5) is 0 Å². The Morgan fingerprint density at radius 2 is 2.06 bits per heavy atom. The minimum atomic E-state index is -0.421. The van der Waals surface area contributed by atoms with Gasteiger partial charge < -0.3 is 15.2 Å². The second-order valence-corrected chi connectivity index (χ2v) is 3.76. The maximum Gasteiger partial charge on any atom is 0.223 e. The van der Waals surface area contributed by atoms with Crippen molar-refractivity contribution in [3.63, 3.8) is 0 Å². The molecule has 0 aliphatic rings. The maximum atomic E-state index is 11.0. The average Bonchev–Trinajstić information content (AvgIpc) is 2.38. The van der Waals surface area contributed by atoms with Crippen LogP contribution in [0.1, 0.15) is 31.4 Å². The molecular formula is C13H19NO3. The van der Waals surface area contributed by atoms with Gasteiger partial charge >= 0.3 is 0 Å². The lowest BCUT2D eigenvalue weighted by atomic mass is 10.1. The molecule has 0 heterocycles. The van der Waals surface area contributed by atoms with Gasteiger partial charge in [-0.1, -0.05) is 19.1 Å². The van der Waals surface area contributed by atoms with Crippen LogP contribution in [0.25, 0.3) is 0 Å². The van der Waals surface area contributed by atoms with E-state index in [4.69, 9.17) is 4.74 Å². The average molecular weight is 237 g/mol. The summed E-state index contributed by atoms with van der Waals surface area (Å²) in [5, 5.41) is 12.1. The normalized spacial score (nSPS) is 11.9. The van der Waals surface area contributed by atoms with Crippen molar-refractivity contribution < 1.29 is 14.6 Å². The summed E-state index contributed by atoms with van der Waals surface area (Å²) < 4.78 is 5.40. The zero-order valence-electron chi connectivity index (χ0n) is 10.3. The molecule has 0 aliphatic heterocycles. The molecule has 0 aromatic heterocycles. The van der Waals surface area contributed by atoms with Crippen molar-refractivity contribution in [2.75, 3.05) is 13.7 Å². The van der Waals surface area contributed by atoms with Crippen molar-refractivity contribution in [1.82, 2.24) is 5.32 Å². The van der Waals surface area contributed by atoms with Crippen molar-refractivity contribution in [2.45, 2.75) is 25.9 Å². The first-order valence-electron chi connectivity index (χ1n) is 5.78. The molecule has 0 saturated heterocycles. The summed E-state index contributed by atoms with van der Waals surface area (Å²) in [6.45, 7) is 2.29. The van der Waals surface area contributed by atoms with E-state index in [0.717, 1.165) is 5.56 Å². The van der Waals surface area contributed by atoms with Crippen molar-refractivity contribution in [3.05, 3.63) is 29.8 Å². The number of carbonyl (C=O) groups is 1. The molecule has 0 aliphatic carbocycles. The summed E-state index contributed by atoms with van der Waals surface area (Å²) >= 11 is 0. The van der Waals surface area contributed by atoms with Crippen LogP contribution in [0.15, 0.2) is 24.3 Å². The lowest BCUT2D eigenvalue weighted by molar-refractivity contribution is -0.121. The van der Waals surface area contributed by atoms with Gasteiger partial charge in [-0.3, -0.25) is 4.79 Å². The van der Waals surface area contributed by atoms with E-state index >= 15 is 0 Å². The van der Waals surface area contributed by atoms with Crippen LogP contribution in [0.3, 0.4) is 0 Å². The molecule has 0 fully saturated rings. The highest BCUT2D eigenvalue weighted by molar-refractivity contribution is 5.75. The lowest BCUT2D eigenvalue weighted by Crippen LogP contribution is -2.20. The number of rotatable bonds is 6. The van der Waals surface area contributed by atoms with Crippen molar-refractivity contribution in [1.29, 1.82) is 0 Å². The zero-order valence-corrected chi connectivity index (χ0v) is 10.3. The molecule has 1 aromatic carbocycles. The third-order valence-corrected chi connectivity index (χ3v) is 2.53. The van der Waals surface area contributed by atoms with Gasteiger partial charge in [0.2, 0.25) is 5.91 Å². The molecule has 1 amide bonds. The van der Waals surface area contributed by atoms with E-state index in [1.54, 1.807) is 19.2 Å². The topological polar surface area (TPSA) is 58.6 Å². The molecule has 1 rings (SSSR count). The van der Waals surface area contributed by atoms with E-state index in [2.05, 4.69) is 5.32 Å². The molecule has 0 bridgehead atoms. The Bertz CT molecular complexity index is 348. The van der Waals surface area contributed by atoms with Gasteiger partial charge in [-0.05, 0) is 24.1 Å². The predicted octanol–water partition coefficient (Wildman–Crippen LogP) is 1.64. The smallest absolute Gasteiger partial charge is 0.223 e. The zero-order chi connectivity index (χ0) is 12.7. The SMILES string of the molecule is CC[C@H](O)c1ccc(OCCC(=O)NC)cc1. The standard InChI is InChI=1S/C13H19NO3/c1-3-12(15)10-4-6-11(7-5-10)17-9-8-13(16)14-2/h4-7,12,15H,3,8-9H2,1-2H3,(H,14,16)/t12-/m0/s1. The molecule has 0 saturated carbocycles. The highest BCUT2D eigenvalue weighted by Crippen LogP contribution is 2.19. The number of hydrogen-bond donors (Lipinski definition) is 2. The number of nitrogens with one attached hydrogen (secondary N) is 1. The van der Waals surface area contributed by atoms with Gasteiger partial charge in [-0.25, -0.2) is 0 Å². The highest BCUT2D eigenvalue weighted by atomic mass is 16.5. The van der Waals surface area contributed by atoms with Crippen LogP contribution in [-0.2, 0) is 4.79 Å². The number of benzene rings is 1.